The van der Waals surface area contributed by atoms with Crippen LogP contribution in [0.25, 0.3) is 0 Å². The van der Waals surface area contributed by atoms with Crippen LogP contribution in [0.1, 0.15) is 52.9 Å². The van der Waals surface area contributed by atoms with Gasteiger partial charge in [-0.2, -0.15) is 0 Å². The van der Waals surface area contributed by atoms with Crippen LogP contribution in [0.15, 0.2) is 4.99 Å². The molecule has 0 aromatic carbocycles. The van der Waals surface area contributed by atoms with Crippen LogP contribution in [0.2, 0.25) is 0 Å². The molecule has 2 fully saturated rings. The largest absolute Gasteiger partial charge is 0.444 e. The molecule has 0 aromatic rings. The number of likely N-dealkylation sites (tertiary alicyclic amines) is 1. The molecule has 1 saturated carbocycles. The SMILES string of the molecule is CC(C)(C)OC(=O)N1CC(=NC2CCCCC2)C1. The number of carbonyl (C=O) groups excluding carboxylic acids is 1. The molecule has 4 heteroatoms. The molecule has 2 aliphatic rings. The number of hydrogen-bond donors (Lipinski definition) is 0. The molecule has 0 atom stereocenters. The molecule has 0 spiro atoms. The zero-order valence-corrected chi connectivity index (χ0v) is 11.7. The molecule has 1 aliphatic carbocycles. The summed E-state index contributed by atoms with van der Waals surface area (Å²) in [5, 5.41) is 0. The van der Waals surface area contributed by atoms with Crippen LogP contribution in [0.4, 0.5) is 4.79 Å². The van der Waals surface area contributed by atoms with E-state index in [4.69, 9.17) is 9.73 Å². The quantitative estimate of drug-likeness (QED) is 0.720. The van der Waals surface area contributed by atoms with Crippen molar-refractivity contribution in [3.63, 3.8) is 0 Å². The summed E-state index contributed by atoms with van der Waals surface area (Å²) in [6.45, 7) is 6.99. The Balaban J connectivity index is 1.76. The summed E-state index contributed by atoms with van der Waals surface area (Å²) in [6, 6.07) is 0.509. The van der Waals surface area contributed by atoms with E-state index < -0.39 is 5.60 Å². The molecule has 4 nitrogen and oxygen atoms in total. The van der Waals surface area contributed by atoms with Gasteiger partial charge in [0.25, 0.3) is 0 Å². The second kappa shape index (κ2) is 5.29. The Kier molecular flexibility index (Phi) is 3.93. The fraction of sp³-hybridized carbons (Fsp3) is 0.857. The molecular weight excluding hydrogens is 228 g/mol. The van der Waals surface area contributed by atoms with Crippen LogP contribution in [0.5, 0.6) is 0 Å². The average Bonchev–Trinajstić information content (AvgIpc) is 2.21. The summed E-state index contributed by atoms with van der Waals surface area (Å²) >= 11 is 0. The molecular formula is C14H24N2O2. The van der Waals surface area contributed by atoms with Gasteiger partial charge in [0.15, 0.2) is 0 Å². The summed E-state index contributed by atoms with van der Waals surface area (Å²) in [5.74, 6) is 0. The van der Waals surface area contributed by atoms with Crippen LogP contribution in [-0.2, 0) is 4.74 Å². The molecule has 1 amide bonds. The summed E-state index contributed by atoms with van der Waals surface area (Å²) in [7, 11) is 0. The molecule has 1 heterocycles. The first-order valence-corrected chi connectivity index (χ1v) is 6.97. The number of amides is 1. The lowest BCUT2D eigenvalue weighted by molar-refractivity contribution is 0.0264. The first kappa shape index (κ1) is 13.4. The predicted molar refractivity (Wildman–Crippen MR) is 72.1 cm³/mol. The molecule has 18 heavy (non-hydrogen) atoms. The molecule has 1 saturated heterocycles. The van der Waals surface area contributed by atoms with Gasteiger partial charge in [0.1, 0.15) is 5.60 Å². The van der Waals surface area contributed by atoms with Crippen molar-refractivity contribution in [3.8, 4) is 0 Å². The summed E-state index contributed by atoms with van der Waals surface area (Å²) in [4.78, 5) is 18.2. The Morgan fingerprint density at radius 2 is 1.83 bits per heavy atom. The maximum absolute atomic E-state index is 11.7. The molecule has 1 aliphatic heterocycles. The van der Waals surface area contributed by atoms with E-state index in [1.54, 1.807) is 4.90 Å². The minimum atomic E-state index is -0.409. The smallest absolute Gasteiger partial charge is 0.410 e. The van der Waals surface area contributed by atoms with Crippen molar-refractivity contribution in [2.45, 2.75) is 64.5 Å². The van der Waals surface area contributed by atoms with Crippen molar-refractivity contribution < 1.29 is 9.53 Å². The maximum atomic E-state index is 11.7. The molecule has 2 rings (SSSR count). The average molecular weight is 252 g/mol. The van der Waals surface area contributed by atoms with Gasteiger partial charge in [0, 0.05) is 0 Å². The number of nitrogens with zero attached hydrogens (tertiary/aromatic N) is 2. The lowest BCUT2D eigenvalue weighted by Crippen LogP contribution is -2.52. The fourth-order valence-electron chi connectivity index (χ4n) is 2.40. The summed E-state index contributed by atoms with van der Waals surface area (Å²) in [6.07, 6.45) is 6.18. The Bertz CT molecular complexity index is 330. The van der Waals surface area contributed by atoms with E-state index >= 15 is 0 Å². The van der Waals surface area contributed by atoms with Gasteiger partial charge >= 0.3 is 6.09 Å². The van der Waals surface area contributed by atoms with Crippen LogP contribution >= 0.6 is 0 Å². The topological polar surface area (TPSA) is 41.9 Å². The van der Waals surface area contributed by atoms with Crippen molar-refractivity contribution in [1.82, 2.24) is 4.90 Å². The first-order valence-electron chi connectivity index (χ1n) is 6.97. The highest BCUT2D eigenvalue weighted by atomic mass is 16.6. The van der Waals surface area contributed by atoms with Gasteiger partial charge in [-0.1, -0.05) is 19.3 Å². The second-order valence-corrected chi connectivity index (χ2v) is 6.32. The van der Waals surface area contributed by atoms with Gasteiger partial charge in [-0.05, 0) is 33.6 Å². The van der Waals surface area contributed by atoms with Crippen LogP contribution in [-0.4, -0.2) is 41.4 Å². The highest BCUT2D eigenvalue weighted by molar-refractivity contribution is 5.98. The molecule has 0 radical (unpaired) electrons. The minimum Gasteiger partial charge on any atom is -0.444 e. The van der Waals surface area contributed by atoms with Crippen molar-refractivity contribution >= 4 is 11.8 Å². The lowest BCUT2D eigenvalue weighted by Gasteiger charge is -2.35. The number of aliphatic imine (C=N–C) groups is 1. The summed E-state index contributed by atoms with van der Waals surface area (Å²) < 4.78 is 5.31. The highest BCUT2D eigenvalue weighted by Gasteiger charge is 2.31. The van der Waals surface area contributed by atoms with Gasteiger partial charge in [-0.3, -0.25) is 9.89 Å². The first-order chi connectivity index (χ1) is 8.44. The standard InChI is InChI=1S/C14H24N2O2/c1-14(2,3)18-13(17)16-9-12(10-16)15-11-7-5-4-6-8-11/h11H,4-10H2,1-3H3. The van der Waals surface area contributed by atoms with Crippen LogP contribution in [0.3, 0.4) is 0 Å². The molecule has 102 valence electrons. The minimum absolute atomic E-state index is 0.218. The zero-order chi connectivity index (χ0) is 13.2. The van der Waals surface area contributed by atoms with Gasteiger partial charge in [-0.25, -0.2) is 4.79 Å². The van der Waals surface area contributed by atoms with Gasteiger partial charge < -0.3 is 4.74 Å². The van der Waals surface area contributed by atoms with Crippen molar-refractivity contribution in [1.29, 1.82) is 0 Å². The number of hydrogen-bond acceptors (Lipinski definition) is 3. The second-order valence-electron chi connectivity index (χ2n) is 6.32. The van der Waals surface area contributed by atoms with Crippen LogP contribution in [0, 0.1) is 0 Å². The van der Waals surface area contributed by atoms with Gasteiger partial charge in [0.05, 0.1) is 24.8 Å². The number of carbonyl (C=O) groups is 1. The van der Waals surface area contributed by atoms with E-state index in [-0.39, 0.29) is 6.09 Å². The molecule has 0 aromatic heterocycles. The third-order valence-corrected chi connectivity index (χ3v) is 3.34. The highest BCUT2D eigenvalue weighted by Crippen LogP contribution is 2.22. The molecule has 0 unspecified atom stereocenters. The van der Waals surface area contributed by atoms with E-state index in [2.05, 4.69) is 0 Å². The van der Waals surface area contributed by atoms with E-state index in [9.17, 15) is 4.79 Å². The normalized spacial score (nSPS) is 21.5. The molecule has 0 bridgehead atoms. The van der Waals surface area contributed by atoms with Crippen molar-refractivity contribution in [2.24, 2.45) is 4.99 Å². The van der Waals surface area contributed by atoms with E-state index in [0.29, 0.717) is 19.1 Å². The van der Waals surface area contributed by atoms with Crippen molar-refractivity contribution in [2.75, 3.05) is 13.1 Å². The van der Waals surface area contributed by atoms with Crippen molar-refractivity contribution in [3.05, 3.63) is 0 Å². The Hall–Kier alpha value is -1.06. The van der Waals surface area contributed by atoms with E-state index in [0.717, 1.165) is 5.71 Å². The number of ether oxygens (including phenoxy) is 1. The number of rotatable bonds is 1. The van der Waals surface area contributed by atoms with Gasteiger partial charge in [0.2, 0.25) is 0 Å². The van der Waals surface area contributed by atoms with E-state index in [1.165, 1.54) is 32.1 Å². The monoisotopic (exact) mass is 252 g/mol. The summed E-state index contributed by atoms with van der Waals surface area (Å²) in [5.41, 5.74) is 0.751. The molecule has 0 N–H and O–H groups in total. The van der Waals surface area contributed by atoms with E-state index in [1.807, 2.05) is 20.8 Å². The van der Waals surface area contributed by atoms with Crippen LogP contribution < -0.4 is 0 Å². The Morgan fingerprint density at radius 3 is 2.39 bits per heavy atom. The maximum Gasteiger partial charge on any atom is 0.410 e. The van der Waals surface area contributed by atoms with Gasteiger partial charge in [-0.15, -0.1) is 0 Å². The zero-order valence-electron chi connectivity index (χ0n) is 11.7. The predicted octanol–water partition coefficient (Wildman–Crippen LogP) is 3.01. The Labute approximate surface area is 109 Å². The Morgan fingerprint density at radius 1 is 1.22 bits per heavy atom. The fourth-order valence-corrected chi connectivity index (χ4v) is 2.40. The lowest BCUT2D eigenvalue weighted by atomic mass is 9.95. The third-order valence-electron chi connectivity index (χ3n) is 3.34. The third kappa shape index (κ3) is 3.72.